The van der Waals surface area contributed by atoms with E-state index in [-0.39, 0.29) is 0 Å². The van der Waals surface area contributed by atoms with Crippen LogP contribution in [0.15, 0.2) is 0 Å². The number of alkyl halides is 78. The van der Waals surface area contributed by atoms with Gasteiger partial charge in [0.2, 0.25) is 0 Å². The quantitative estimate of drug-likeness (QED) is 0.0412. The molecular weight excluding hydrogens is 2270 g/mol. The van der Waals surface area contributed by atoms with Gasteiger partial charge in [0.05, 0.1) is 0 Å². The number of halogens is 78. The minimum Gasteiger partial charge on any atom is -0.241 e. The number of hydrogen-bond donors (Lipinski definition) is 0. The van der Waals surface area contributed by atoms with Crippen molar-refractivity contribution < 1.29 is 442 Å². The van der Waals surface area contributed by atoms with Crippen molar-refractivity contribution in [1.29, 1.82) is 0 Å². The van der Waals surface area contributed by atoms with E-state index < -0.39 is 233 Å². The Bertz CT molecular complexity index is 3910. The van der Waals surface area contributed by atoms with Crippen LogP contribution in [0, 0.1) is 0 Å². The molecular formula is C38F78O21. The molecule has 0 saturated heterocycles. The van der Waals surface area contributed by atoms with Crippen LogP contribution in [0.1, 0.15) is 0 Å². The van der Waals surface area contributed by atoms with Crippen LogP contribution in [0.25, 0.3) is 0 Å². The Labute approximate surface area is 677 Å². The summed E-state index contributed by atoms with van der Waals surface area (Å²) in [4.78, 5) is 0. The average molecular weight is 2270 g/mol. The third-order valence-electron chi connectivity index (χ3n) is 10.7. The molecule has 0 spiro atoms. The van der Waals surface area contributed by atoms with Gasteiger partial charge in [0.25, 0.3) is 0 Å². The minimum absolute atomic E-state index is 0.714. The maximum Gasteiger partial charge on any atom is 0.529 e. The molecule has 0 aromatic carbocycles. The number of rotatable bonds is 56. The fourth-order valence-corrected chi connectivity index (χ4v) is 5.24. The summed E-state index contributed by atoms with van der Waals surface area (Å²) in [6.45, 7) is 0. The van der Waals surface area contributed by atoms with E-state index in [1.165, 1.54) is 9.47 Å². The predicted molar refractivity (Wildman–Crippen MR) is 213 cm³/mol. The van der Waals surface area contributed by atoms with Gasteiger partial charge < -0.3 is 0 Å². The molecule has 99 heteroatoms. The van der Waals surface area contributed by atoms with Crippen LogP contribution >= 0.6 is 0 Å². The largest absolute Gasteiger partial charge is 0.529 e. The second kappa shape index (κ2) is 36.5. The van der Waals surface area contributed by atoms with Gasteiger partial charge in [-0.05, 0) is 0 Å². The molecule has 0 aliphatic rings. The molecule has 0 fully saturated rings. The summed E-state index contributed by atoms with van der Waals surface area (Å²) in [5, 5.41) is 0. The summed E-state index contributed by atoms with van der Waals surface area (Å²) in [6.07, 6.45) is -330. The molecule has 0 radical (unpaired) electrons. The van der Waals surface area contributed by atoms with Gasteiger partial charge in [0, 0.05) is 0 Å². The first-order valence-electron chi connectivity index (χ1n) is 27.3. The van der Waals surface area contributed by atoms with Gasteiger partial charge >= 0.3 is 233 Å². The number of hydrogen-bond acceptors (Lipinski definition) is 21. The second-order valence-electron chi connectivity index (χ2n) is 21.4. The van der Waals surface area contributed by atoms with E-state index in [2.05, 4.69) is 0 Å². The fourth-order valence-electron chi connectivity index (χ4n) is 5.24. The Morgan fingerprint density at radius 1 is 0.0584 bits per heavy atom. The lowest BCUT2D eigenvalue weighted by molar-refractivity contribution is -0.618. The topological polar surface area (TPSA) is 194 Å². The summed E-state index contributed by atoms with van der Waals surface area (Å²) < 4.78 is 1080. The summed E-state index contributed by atoms with van der Waals surface area (Å²) in [6, 6.07) is 0. The van der Waals surface area contributed by atoms with Crippen LogP contribution in [0.2, 0.25) is 0 Å². The monoisotopic (exact) mass is 2270 g/mol. The molecule has 0 bridgehead atoms. The van der Waals surface area contributed by atoms with Crippen LogP contribution in [0.5, 0.6) is 0 Å². The second-order valence-corrected chi connectivity index (χ2v) is 21.4. The van der Waals surface area contributed by atoms with Gasteiger partial charge in [-0.25, -0.2) is 94.7 Å². The molecule has 0 aliphatic carbocycles. The first kappa shape index (κ1) is 131. The molecule has 0 N–H and O–H groups in total. The van der Waals surface area contributed by atoms with Gasteiger partial charge in [-0.1, -0.05) is 0 Å². The molecule has 0 amide bonds. The maximum absolute atomic E-state index is 13.9. The highest BCUT2D eigenvalue weighted by molar-refractivity contribution is 4.88. The molecule has 0 aromatic heterocycles. The normalized spacial score (nSPS) is 16.9. The zero-order chi connectivity index (χ0) is 112. The third kappa shape index (κ3) is 30.4. The molecule has 21 nitrogen and oxygen atoms in total. The molecule has 824 valence electrons. The van der Waals surface area contributed by atoms with E-state index >= 15 is 0 Å². The van der Waals surface area contributed by atoms with Crippen molar-refractivity contribution in [2.45, 2.75) is 233 Å². The highest BCUT2D eigenvalue weighted by Gasteiger charge is 2.87. The lowest BCUT2D eigenvalue weighted by atomic mass is 10.4. The van der Waals surface area contributed by atoms with Crippen LogP contribution in [-0.2, 0) is 99.5 Å². The van der Waals surface area contributed by atoms with Gasteiger partial charge in [0.1, 0.15) is 0 Å². The number of ether oxygens (including phenoxy) is 21. The van der Waals surface area contributed by atoms with Gasteiger partial charge in [-0.3, -0.25) is 0 Å². The van der Waals surface area contributed by atoms with Crippen molar-refractivity contribution >= 4 is 0 Å². The Morgan fingerprint density at radius 3 is 0.175 bits per heavy atom. The van der Waals surface area contributed by atoms with E-state index in [0.717, 1.165) is 85.3 Å². The van der Waals surface area contributed by atoms with E-state index in [0.29, 0.717) is 4.74 Å². The average Bonchev–Trinajstić information content (AvgIpc) is 1.06. The smallest absolute Gasteiger partial charge is 0.241 e. The fraction of sp³-hybridized carbons (Fsp3) is 1.00. The van der Waals surface area contributed by atoms with E-state index in [4.69, 9.17) is 0 Å². The summed E-state index contributed by atoms with van der Waals surface area (Å²) in [5.74, 6) is 0. The van der Waals surface area contributed by atoms with E-state index in [9.17, 15) is 342 Å². The lowest BCUT2D eigenvalue weighted by Crippen LogP contribution is -2.62. The minimum atomic E-state index is -9.13. The van der Waals surface area contributed by atoms with Crippen molar-refractivity contribution in [3.8, 4) is 0 Å². The summed E-state index contributed by atoms with van der Waals surface area (Å²) >= 11 is 0. The van der Waals surface area contributed by atoms with Gasteiger partial charge in [-0.2, -0.15) is 286 Å². The molecule has 0 unspecified atom stereocenters. The first-order chi connectivity index (χ1) is 57.8. The molecule has 0 saturated carbocycles. The predicted octanol–water partition coefficient (Wildman–Crippen LogP) is 23.5. The highest BCUT2D eigenvalue weighted by atomic mass is 19.5. The van der Waals surface area contributed by atoms with Crippen molar-refractivity contribution in [1.82, 2.24) is 0 Å². The Hall–Kier alpha value is -6.30. The van der Waals surface area contributed by atoms with E-state index in [1.807, 2.05) is 0 Å². The van der Waals surface area contributed by atoms with Crippen LogP contribution < -0.4 is 0 Å². The Kier molecular flexibility index (Phi) is 34.8. The Morgan fingerprint density at radius 2 is 0.109 bits per heavy atom. The maximum atomic E-state index is 13.9. The lowest BCUT2D eigenvalue weighted by Gasteiger charge is -2.37. The first-order valence-corrected chi connectivity index (χ1v) is 27.3. The van der Waals surface area contributed by atoms with Crippen LogP contribution in [0.4, 0.5) is 342 Å². The van der Waals surface area contributed by atoms with Crippen LogP contribution in [-0.4, -0.2) is 233 Å². The Balaban J connectivity index is 6.79. The summed E-state index contributed by atoms with van der Waals surface area (Å²) in [5.41, 5.74) is 0. The zero-order valence-corrected chi connectivity index (χ0v) is 57.1. The van der Waals surface area contributed by atoms with Gasteiger partial charge in [-0.15, -0.1) is 61.5 Å². The van der Waals surface area contributed by atoms with Crippen LogP contribution in [0.3, 0.4) is 0 Å². The summed E-state index contributed by atoms with van der Waals surface area (Å²) in [7, 11) is 0. The van der Waals surface area contributed by atoms with Crippen molar-refractivity contribution in [2.24, 2.45) is 0 Å². The molecule has 0 rings (SSSR count). The standard InChI is InChI=1S/C38F78O21/c39-1(40,9(55,56)121-17(71,72)25(87,88)129-33(103,104)105)117-2(41,42)10(57,58)122-18(73,74)26(89,90)130-35(109,110)131-27(91,92)19(75,76)123-11(59,60)3(43,44)118-4(45,46)12(61,62)124-20(77,78)28(93,94)132-36(111,112)133-29(95,96)21(79,80)125-13(63,64)5(47,48)119-6(49,50)14(65,66)126-22(81,82)30(97,98)134-37(113,114)135-31(99,100)23(83,84)127-15(67,68)7(51,52)120-8(53,54)16(69,70)128-24(85,86)32(101,102)136-38(115,116)137-34(106,107)108. The van der Waals surface area contributed by atoms with Crippen molar-refractivity contribution in [3.05, 3.63) is 0 Å². The molecule has 0 atom stereocenters. The highest BCUT2D eigenvalue weighted by Crippen LogP contribution is 2.62. The van der Waals surface area contributed by atoms with Gasteiger partial charge in [0.15, 0.2) is 0 Å². The molecule has 0 aromatic rings. The molecule has 0 aliphatic heterocycles. The third-order valence-corrected chi connectivity index (χ3v) is 10.7. The van der Waals surface area contributed by atoms with E-state index in [1.54, 1.807) is 0 Å². The SMILES string of the molecule is FC(F)(F)OC(F)(F)OC(F)(F)C(F)(F)OC(F)(F)C(F)(F)OC(F)(F)C(F)(F)OC(F)(F)C(F)(F)OC(F)(F)OC(F)(F)C(F)(F)OC(F)(F)C(F)(F)OC(F)(F)C(F)(F)OC(F)(F)C(F)(F)OC(F)(F)OC(F)(F)C(F)(F)OC(F)(F)C(F)(F)OC(F)(F)C(F)(F)OC(F)(F)C(F)(F)OC(F)(F)OC(F)(F)C(F)(F)OC(F)(F)C(F)(F)OC(F)(F)C(F)(F)OC(F)(F)C(F)(F)OC(F)(F)F. The van der Waals surface area contributed by atoms with Crippen molar-refractivity contribution in [2.75, 3.05) is 0 Å². The zero-order valence-electron chi connectivity index (χ0n) is 57.1. The molecule has 0 heterocycles. The van der Waals surface area contributed by atoms with Crippen molar-refractivity contribution in [3.63, 3.8) is 0 Å². The molecule has 137 heavy (non-hydrogen) atoms.